The number of nitrogens with one attached hydrogen (secondary N) is 1. The quantitative estimate of drug-likeness (QED) is 0.425. The summed E-state index contributed by atoms with van der Waals surface area (Å²) >= 11 is 1.34. The molecule has 1 aliphatic heterocycles. The fourth-order valence-electron chi connectivity index (χ4n) is 3.38. The van der Waals surface area contributed by atoms with E-state index in [1.807, 2.05) is 11.4 Å². The molecule has 0 saturated carbocycles. The topological polar surface area (TPSA) is 74.7 Å². The number of rotatable bonds is 6. The summed E-state index contributed by atoms with van der Waals surface area (Å²) in [5, 5.41) is 6.39. The molecule has 31 heavy (non-hydrogen) atoms. The Balaban J connectivity index is 1.48. The van der Waals surface area contributed by atoms with Gasteiger partial charge >= 0.3 is 0 Å². The largest absolute Gasteiger partial charge is 0.253 e. The summed E-state index contributed by atoms with van der Waals surface area (Å²) in [6.45, 7) is 3.26. The third kappa shape index (κ3) is 5.00. The molecule has 1 fully saturated rings. The van der Waals surface area contributed by atoms with E-state index in [4.69, 9.17) is 0 Å². The minimum absolute atomic E-state index is 0.277. The monoisotopic (exact) mass is 458 g/mol. The number of anilines is 1. The van der Waals surface area contributed by atoms with Gasteiger partial charge < -0.3 is 0 Å². The Labute approximate surface area is 185 Å². The zero-order valence-corrected chi connectivity index (χ0v) is 18.7. The number of benzene rings is 2. The second kappa shape index (κ2) is 9.25. The van der Waals surface area contributed by atoms with E-state index in [9.17, 15) is 12.8 Å². The number of sulfonamides is 1. The van der Waals surface area contributed by atoms with Crippen LogP contribution >= 0.6 is 11.3 Å². The lowest BCUT2D eigenvalue weighted by atomic mass is 10.0. The van der Waals surface area contributed by atoms with Crippen molar-refractivity contribution in [1.29, 1.82) is 0 Å². The highest BCUT2D eigenvalue weighted by Gasteiger charge is 2.28. The van der Waals surface area contributed by atoms with E-state index >= 15 is 0 Å². The van der Waals surface area contributed by atoms with Gasteiger partial charge in [-0.1, -0.05) is 37.3 Å². The average molecular weight is 459 g/mol. The number of hydrogen-bond acceptors (Lipinski definition) is 6. The van der Waals surface area contributed by atoms with Gasteiger partial charge in [-0.3, -0.25) is 5.43 Å². The molecule has 9 heteroatoms. The van der Waals surface area contributed by atoms with E-state index in [1.54, 1.807) is 40.7 Å². The minimum atomic E-state index is -3.52. The van der Waals surface area contributed by atoms with Crippen molar-refractivity contribution in [3.8, 4) is 11.3 Å². The Bertz CT molecular complexity index is 1190. The van der Waals surface area contributed by atoms with Crippen LogP contribution in [0.1, 0.15) is 25.3 Å². The van der Waals surface area contributed by atoms with Gasteiger partial charge in [-0.05, 0) is 37.0 Å². The van der Waals surface area contributed by atoms with Crippen LogP contribution in [0.15, 0.2) is 63.9 Å². The lowest BCUT2D eigenvalue weighted by Gasteiger charge is -2.29. The minimum Gasteiger partial charge on any atom is -0.253 e. The predicted molar refractivity (Wildman–Crippen MR) is 122 cm³/mol. The molecule has 1 aromatic heterocycles. The molecule has 0 atom stereocenters. The van der Waals surface area contributed by atoms with Crippen LogP contribution in [-0.2, 0) is 10.0 Å². The van der Waals surface area contributed by atoms with Crippen LogP contribution < -0.4 is 5.43 Å². The predicted octanol–water partition coefficient (Wildman–Crippen LogP) is 4.82. The molecule has 2 heterocycles. The number of nitrogens with zero attached hydrogens (tertiary/aromatic N) is 3. The highest BCUT2D eigenvalue weighted by atomic mass is 32.2. The van der Waals surface area contributed by atoms with E-state index < -0.39 is 10.0 Å². The van der Waals surface area contributed by atoms with Crippen LogP contribution in [0.2, 0.25) is 0 Å². The van der Waals surface area contributed by atoms with Crippen molar-refractivity contribution in [3.63, 3.8) is 0 Å². The second-order valence-electron chi connectivity index (χ2n) is 7.54. The van der Waals surface area contributed by atoms with Gasteiger partial charge in [0, 0.05) is 29.6 Å². The van der Waals surface area contributed by atoms with Crippen LogP contribution in [0.5, 0.6) is 0 Å². The van der Waals surface area contributed by atoms with Gasteiger partial charge in [0.05, 0.1) is 16.8 Å². The van der Waals surface area contributed by atoms with Gasteiger partial charge in [0.15, 0.2) is 0 Å². The molecule has 0 spiro atoms. The zero-order valence-electron chi connectivity index (χ0n) is 17.0. The molecule has 0 unspecified atom stereocenters. The summed E-state index contributed by atoms with van der Waals surface area (Å²) in [7, 11) is -3.52. The van der Waals surface area contributed by atoms with E-state index in [0.717, 1.165) is 12.8 Å². The molecule has 1 aliphatic rings. The number of hydrazone groups is 1. The molecular weight excluding hydrogens is 435 g/mol. The maximum absolute atomic E-state index is 13.6. The lowest BCUT2D eigenvalue weighted by Crippen LogP contribution is -2.37. The fraction of sp³-hybridized carbons (Fsp3) is 0.273. The molecule has 1 saturated heterocycles. The summed E-state index contributed by atoms with van der Waals surface area (Å²) in [5.74, 6) is 0.203. The van der Waals surface area contributed by atoms with Crippen molar-refractivity contribution in [2.45, 2.75) is 24.7 Å². The van der Waals surface area contributed by atoms with Gasteiger partial charge in [-0.2, -0.15) is 9.41 Å². The van der Waals surface area contributed by atoms with Gasteiger partial charge in [-0.25, -0.2) is 17.8 Å². The Hall–Kier alpha value is -2.62. The third-order valence-corrected chi connectivity index (χ3v) is 7.92. The molecule has 2 aromatic carbocycles. The van der Waals surface area contributed by atoms with Gasteiger partial charge in [0.25, 0.3) is 0 Å². The van der Waals surface area contributed by atoms with Gasteiger partial charge in [0.1, 0.15) is 5.82 Å². The van der Waals surface area contributed by atoms with E-state index in [2.05, 4.69) is 22.4 Å². The molecule has 4 rings (SSSR count). The first kappa shape index (κ1) is 21.6. The zero-order chi connectivity index (χ0) is 21.8. The SMILES string of the molecule is CC1CCN(S(=O)(=O)c2cccc(-c3csc(N/N=C/c4ccccc4F)n3)c2)CC1. The van der Waals surface area contributed by atoms with E-state index in [1.165, 1.54) is 23.6 Å². The number of piperidine rings is 1. The van der Waals surface area contributed by atoms with Gasteiger partial charge in [0.2, 0.25) is 15.2 Å². The normalized spacial score (nSPS) is 16.1. The molecule has 0 radical (unpaired) electrons. The molecule has 3 aromatic rings. The molecule has 6 nitrogen and oxygen atoms in total. The molecule has 0 amide bonds. The first-order chi connectivity index (χ1) is 14.9. The van der Waals surface area contributed by atoms with Crippen molar-refractivity contribution < 1.29 is 12.8 Å². The first-order valence-corrected chi connectivity index (χ1v) is 12.3. The summed E-state index contributed by atoms with van der Waals surface area (Å²) in [6, 6.07) is 13.2. The van der Waals surface area contributed by atoms with Gasteiger partial charge in [-0.15, -0.1) is 11.3 Å². The summed E-state index contributed by atoms with van der Waals surface area (Å²) in [5.41, 5.74) is 4.53. The summed E-state index contributed by atoms with van der Waals surface area (Å²) in [4.78, 5) is 4.75. The Morgan fingerprint density at radius 3 is 2.74 bits per heavy atom. The Morgan fingerprint density at radius 1 is 1.19 bits per heavy atom. The lowest BCUT2D eigenvalue weighted by molar-refractivity contribution is 0.288. The van der Waals surface area contributed by atoms with E-state index in [0.29, 0.717) is 41.0 Å². The Morgan fingerprint density at radius 2 is 1.97 bits per heavy atom. The smallest absolute Gasteiger partial charge is 0.243 e. The highest BCUT2D eigenvalue weighted by Crippen LogP contribution is 2.29. The maximum Gasteiger partial charge on any atom is 0.243 e. The summed E-state index contributed by atoms with van der Waals surface area (Å²) in [6.07, 6.45) is 3.16. The maximum atomic E-state index is 13.6. The Kier molecular flexibility index (Phi) is 6.45. The number of aromatic nitrogens is 1. The van der Waals surface area contributed by atoms with Crippen molar-refractivity contribution in [3.05, 3.63) is 65.3 Å². The fourth-order valence-corrected chi connectivity index (χ4v) is 5.57. The van der Waals surface area contributed by atoms with Crippen molar-refractivity contribution in [2.75, 3.05) is 18.5 Å². The first-order valence-electron chi connectivity index (χ1n) is 10.0. The van der Waals surface area contributed by atoms with Crippen LogP contribution in [0.3, 0.4) is 0 Å². The molecular formula is C22H23FN4O2S2. The standard InChI is InChI=1S/C22H23FN4O2S2/c1-16-9-11-27(12-10-16)31(28,29)19-7-4-6-17(13-19)21-15-30-22(25-21)26-24-14-18-5-2-3-8-20(18)23/h2-8,13-16H,9-12H2,1H3,(H,25,26)/b24-14+. The molecule has 0 bridgehead atoms. The highest BCUT2D eigenvalue weighted by molar-refractivity contribution is 7.89. The number of thiazole rings is 1. The molecule has 162 valence electrons. The molecule has 0 aliphatic carbocycles. The summed E-state index contributed by atoms with van der Waals surface area (Å²) < 4.78 is 41.3. The van der Waals surface area contributed by atoms with Crippen molar-refractivity contribution in [2.24, 2.45) is 11.0 Å². The van der Waals surface area contributed by atoms with Crippen molar-refractivity contribution in [1.82, 2.24) is 9.29 Å². The third-order valence-electron chi connectivity index (χ3n) is 5.28. The second-order valence-corrected chi connectivity index (χ2v) is 10.3. The average Bonchev–Trinajstić information content (AvgIpc) is 3.24. The van der Waals surface area contributed by atoms with Crippen LogP contribution in [0, 0.1) is 11.7 Å². The van der Waals surface area contributed by atoms with E-state index in [-0.39, 0.29) is 10.7 Å². The van der Waals surface area contributed by atoms with Crippen LogP contribution in [-0.4, -0.2) is 37.0 Å². The number of halogens is 1. The number of hydrogen-bond donors (Lipinski definition) is 1. The van der Waals surface area contributed by atoms with Crippen molar-refractivity contribution >= 4 is 32.7 Å². The molecule has 1 N–H and O–H groups in total. The van der Waals surface area contributed by atoms with Crippen LogP contribution in [0.4, 0.5) is 9.52 Å². The van der Waals surface area contributed by atoms with Crippen LogP contribution in [0.25, 0.3) is 11.3 Å².